The van der Waals surface area contributed by atoms with Crippen LogP contribution < -0.4 is 0 Å². The fraction of sp³-hybridized carbons (Fsp3) is 0.882. The molecule has 4 saturated carbocycles. The number of ether oxygens (including phenoxy) is 2. The van der Waals surface area contributed by atoms with Crippen LogP contribution in [-0.4, -0.2) is 83.6 Å². The Kier molecular flexibility index (Phi) is 19.9. The maximum absolute atomic E-state index is 11.2. The molecule has 12 heteroatoms. The van der Waals surface area contributed by atoms with Crippen molar-refractivity contribution in [1.82, 2.24) is 0 Å². The SMILES string of the molecule is CC1(C)C(=O)C(C)(C)C1=O.CC1(C)C(O)C(C)(C)C1O.COC(=O)C1CCC(C(=O)OC)CC1.OCC1CCC(CO)CC1.[Cr].[Cu].[HH]. The van der Waals surface area contributed by atoms with E-state index in [-0.39, 0.29) is 94.2 Å². The Morgan fingerprint density at radius 2 is 0.870 bits per heavy atom. The van der Waals surface area contributed by atoms with E-state index in [9.17, 15) is 29.4 Å². The van der Waals surface area contributed by atoms with E-state index < -0.39 is 10.8 Å². The van der Waals surface area contributed by atoms with Crippen molar-refractivity contribution in [3.8, 4) is 0 Å². The minimum absolute atomic E-state index is 0. The van der Waals surface area contributed by atoms with Gasteiger partial charge in [0.25, 0.3) is 0 Å². The summed E-state index contributed by atoms with van der Waals surface area (Å²) >= 11 is 0. The molecule has 4 fully saturated rings. The second kappa shape index (κ2) is 19.4. The third kappa shape index (κ3) is 11.1. The Labute approximate surface area is 299 Å². The van der Waals surface area contributed by atoms with E-state index in [2.05, 4.69) is 9.47 Å². The molecule has 4 aliphatic rings. The molecule has 0 amide bonds. The number of hydrogen-bond acceptors (Lipinski definition) is 10. The topological polar surface area (TPSA) is 168 Å². The Bertz CT molecular complexity index is 881. The Balaban J connectivity index is -0.000000543. The van der Waals surface area contributed by atoms with Crippen LogP contribution in [0.25, 0.3) is 0 Å². The average molecular weight is 746 g/mol. The van der Waals surface area contributed by atoms with E-state index in [0.29, 0.717) is 25.0 Å². The fourth-order valence-corrected chi connectivity index (χ4v) is 7.32. The van der Waals surface area contributed by atoms with Gasteiger partial charge in [0.2, 0.25) is 0 Å². The summed E-state index contributed by atoms with van der Waals surface area (Å²) in [7, 11) is 2.80. The first-order valence-corrected chi connectivity index (χ1v) is 16.0. The van der Waals surface area contributed by atoms with E-state index in [1.165, 1.54) is 14.2 Å². The van der Waals surface area contributed by atoms with Crippen LogP contribution in [-0.2, 0) is 63.1 Å². The van der Waals surface area contributed by atoms with Gasteiger partial charge in [0.1, 0.15) is 0 Å². The molecule has 0 bridgehead atoms. The third-order valence-corrected chi connectivity index (χ3v) is 10.4. The zero-order valence-corrected chi connectivity index (χ0v) is 31.7. The first-order chi connectivity index (χ1) is 20.2. The molecule has 4 N–H and O–H groups in total. The van der Waals surface area contributed by atoms with Crippen LogP contribution in [0.5, 0.6) is 0 Å². The number of aliphatic hydroxyl groups is 4. The van der Waals surface area contributed by atoms with Crippen molar-refractivity contribution >= 4 is 23.5 Å². The normalized spacial score (nSPS) is 30.9. The molecule has 0 aromatic carbocycles. The van der Waals surface area contributed by atoms with E-state index >= 15 is 0 Å². The molecule has 0 atom stereocenters. The number of hydrogen-bond donors (Lipinski definition) is 4. The van der Waals surface area contributed by atoms with Crippen LogP contribution in [0.3, 0.4) is 0 Å². The van der Waals surface area contributed by atoms with Crippen molar-refractivity contribution in [2.24, 2.45) is 45.3 Å². The number of esters is 2. The molecular formula is C34H62CrCuO10. The van der Waals surface area contributed by atoms with Gasteiger partial charge in [0.15, 0.2) is 11.6 Å². The van der Waals surface area contributed by atoms with E-state index in [0.717, 1.165) is 51.4 Å². The summed E-state index contributed by atoms with van der Waals surface area (Å²) < 4.78 is 9.31. The van der Waals surface area contributed by atoms with Crippen molar-refractivity contribution in [1.29, 1.82) is 0 Å². The summed E-state index contributed by atoms with van der Waals surface area (Å²) in [5.41, 5.74) is -2.04. The molecular weight excluding hydrogens is 684 g/mol. The van der Waals surface area contributed by atoms with Gasteiger partial charge >= 0.3 is 11.9 Å². The molecule has 0 spiro atoms. The largest absolute Gasteiger partial charge is 0.469 e. The first kappa shape index (κ1) is 47.3. The summed E-state index contributed by atoms with van der Waals surface area (Å²) in [5.74, 6) is 0.782. The van der Waals surface area contributed by atoms with Crippen molar-refractivity contribution < 1.29 is 84.9 Å². The van der Waals surface area contributed by atoms with Gasteiger partial charge in [-0.15, -0.1) is 0 Å². The summed E-state index contributed by atoms with van der Waals surface area (Å²) in [6.45, 7) is 14.9. The van der Waals surface area contributed by atoms with Gasteiger partial charge in [-0.2, -0.15) is 0 Å². The minimum atomic E-state index is -0.705. The summed E-state index contributed by atoms with van der Waals surface area (Å²) in [5, 5.41) is 36.6. The number of carbonyl (C=O) groups excluding carboxylic acids is 4. The van der Waals surface area contributed by atoms with Crippen molar-refractivity contribution in [2.45, 2.75) is 119 Å². The number of aliphatic hydroxyl groups excluding tert-OH is 4. The van der Waals surface area contributed by atoms with Gasteiger partial charge < -0.3 is 29.9 Å². The van der Waals surface area contributed by atoms with Crippen LogP contribution in [0.15, 0.2) is 0 Å². The summed E-state index contributed by atoms with van der Waals surface area (Å²) in [6.07, 6.45) is 6.55. The Morgan fingerprint density at radius 1 is 0.630 bits per heavy atom. The maximum Gasteiger partial charge on any atom is 0.308 e. The van der Waals surface area contributed by atoms with Crippen molar-refractivity contribution in [3.05, 3.63) is 0 Å². The summed E-state index contributed by atoms with van der Waals surface area (Å²) in [4.78, 5) is 44.7. The number of rotatable bonds is 4. The Morgan fingerprint density at radius 3 is 1.02 bits per heavy atom. The minimum Gasteiger partial charge on any atom is -0.469 e. The monoisotopic (exact) mass is 745 g/mol. The number of Topliss-reactive ketones (excluding diaryl/α,β-unsaturated/α-hetero) is 2. The molecule has 0 aromatic rings. The van der Waals surface area contributed by atoms with Crippen LogP contribution in [0, 0.1) is 45.3 Å². The second-order valence-corrected chi connectivity index (χ2v) is 15.2. The molecule has 46 heavy (non-hydrogen) atoms. The van der Waals surface area contributed by atoms with Crippen LogP contribution in [0.1, 0.15) is 108 Å². The third-order valence-electron chi connectivity index (χ3n) is 10.4. The van der Waals surface area contributed by atoms with Crippen molar-refractivity contribution in [2.75, 3.05) is 27.4 Å². The Hall–Kier alpha value is -0.828. The fourth-order valence-electron chi connectivity index (χ4n) is 7.32. The summed E-state index contributed by atoms with van der Waals surface area (Å²) in [6, 6.07) is 0. The molecule has 4 aliphatic carbocycles. The van der Waals surface area contributed by atoms with Gasteiger partial charge in [-0.25, -0.2) is 0 Å². The van der Waals surface area contributed by atoms with Gasteiger partial charge in [0.05, 0.1) is 49.1 Å². The second-order valence-electron chi connectivity index (χ2n) is 15.2. The zero-order valence-electron chi connectivity index (χ0n) is 29.5. The van der Waals surface area contributed by atoms with Gasteiger partial charge in [-0.1, -0.05) is 27.7 Å². The number of methoxy groups -OCH3 is 2. The van der Waals surface area contributed by atoms with Gasteiger partial charge in [-0.3, -0.25) is 19.2 Å². The standard InChI is InChI=1S/C10H16O4.C8H16O2.C8H12O2.C8H16O2.Cr.Cu.H2/c1-13-9(11)7-3-5-8(6-4-7)10(12)14-2;2*1-7(2)5(9)8(3,4)6(7)10;9-5-7-1-2-8(6-10)4-3-7;;;/h7-8H,3-6H2,1-2H3;5-6,9-10H,1-4H3;1-4H3;7-10H,1-6H2;;;1H. The van der Waals surface area contributed by atoms with Gasteiger partial charge in [-0.05, 0) is 90.9 Å². The first-order valence-electron chi connectivity index (χ1n) is 16.0. The van der Waals surface area contributed by atoms with E-state index in [1.807, 2.05) is 27.7 Å². The van der Waals surface area contributed by atoms with E-state index in [1.54, 1.807) is 27.7 Å². The smallest absolute Gasteiger partial charge is 0.308 e. The predicted molar refractivity (Wildman–Crippen MR) is 168 cm³/mol. The maximum atomic E-state index is 11.2. The molecule has 1 radical (unpaired) electrons. The predicted octanol–water partition coefficient (Wildman–Crippen LogP) is 4.12. The van der Waals surface area contributed by atoms with Crippen LogP contribution in [0.4, 0.5) is 0 Å². The van der Waals surface area contributed by atoms with Crippen LogP contribution >= 0.6 is 0 Å². The van der Waals surface area contributed by atoms with Gasteiger partial charge in [0, 0.05) is 59.9 Å². The molecule has 4 rings (SSSR count). The zero-order chi connectivity index (χ0) is 34.3. The number of carbonyl (C=O) groups is 4. The molecule has 275 valence electrons. The molecule has 0 saturated heterocycles. The van der Waals surface area contributed by atoms with Crippen LogP contribution in [0.2, 0.25) is 0 Å². The average Bonchev–Trinajstić information content (AvgIpc) is 3.03. The van der Waals surface area contributed by atoms with E-state index in [4.69, 9.17) is 10.2 Å². The molecule has 10 nitrogen and oxygen atoms in total. The molecule has 0 aliphatic heterocycles. The number of ketones is 2. The molecule has 0 heterocycles. The quantitative estimate of drug-likeness (QED) is 0.187. The van der Waals surface area contributed by atoms with Crippen molar-refractivity contribution in [3.63, 3.8) is 0 Å². The molecule has 0 aromatic heterocycles. The molecule has 0 unspecified atom stereocenters.